The third-order valence-electron chi connectivity index (χ3n) is 6.15. The van der Waals surface area contributed by atoms with Gasteiger partial charge in [-0.05, 0) is 54.4 Å². The highest BCUT2D eigenvalue weighted by molar-refractivity contribution is 8.18. The molecule has 0 aromatic heterocycles. The Morgan fingerprint density at radius 1 is 1.20 bits per heavy atom. The van der Waals surface area contributed by atoms with Gasteiger partial charge in [-0.15, -0.1) is 6.58 Å². The van der Waals surface area contributed by atoms with Crippen LogP contribution < -0.4 is 9.47 Å². The van der Waals surface area contributed by atoms with E-state index in [4.69, 9.17) is 14.2 Å². The minimum Gasteiger partial charge on any atom is -0.490 e. The van der Waals surface area contributed by atoms with Crippen LogP contribution in [0.1, 0.15) is 23.6 Å². The predicted molar refractivity (Wildman–Crippen MR) is 149 cm³/mol. The first-order valence-corrected chi connectivity index (χ1v) is 13.5. The summed E-state index contributed by atoms with van der Waals surface area (Å²) in [6.45, 7) is 7.42. The average Bonchev–Trinajstić information content (AvgIpc) is 3.20. The molecule has 0 aliphatic carbocycles. The lowest BCUT2D eigenvalue weighted by Gasteiger charge is -2.28. The van der Waals surface area contributed by atoms with E-state index >= 15 is 0 Å². The molecule has 4 rings (SSSR count). The molecule has 210 valence electrons. The van der Waals surface area contributed by atoms with Gasteiger partial charge in [-0.3, -0.25) is 29.4 Å². The summed E-state index contributed by atoms with van der Waals surface area (Å²) in [6, 6.07) is 9.69. The summed E-state index contributed by atoms with van der Waals surface area (Å²) < 4.78 is 17.2. The van der Waals surface area contributed by atoms with Gasteiger partial charge in [0.2, 0.25) is 5.91 Å². The Balaban J connectivity index is 1.57. The molecule has 2 heterocycles. The number of nitrogens with zero attached hydrogens (tertiary/aromatic N) is 3. The molecular formula is C28H29N3O8S. The molecule has 0 saturated carbocycles. The molecule has 0 radical (unpaired) electrons. The number of hydrogen-bond donors (Lipinski definition) is 0. The summed E-state index contributed by atoms with van der Waals surface area (Å²) in [6.07, 6.45) is 3.70. The van der Waals surface area contributed by atoms with E-state index in [-0.39, 0.29) is 29.7 Å². The first-order chi connectivity index (χ1) is 19.3. The number of morpholine rings is 1. The van der Waals surface area contributed by atoms with Crippen LogP contribution in [0.25, 0.3) is 6.08 Å². The fourth-order valence-corrected chi connectivity index (χ4v) is 5.09. The van der Waals surface area contributed by atoms with Crippen molar-refractivity contribution >= 4 is 40.6 Å². The van der Waals surface area contributed by atoms with Gasteiger partial charge in [0.15, 0.2) is 11.5 Å². The third kappa shape index (κ3) is 6.88. The van der Waals surface area contributed by atoms with E-state index in [0.29, 0.717) is 62.0 Å². The van der Waals surface area contributed by atoms with Crippen LogP contribution in [0.15, 0.2) is 54.0 Å². The Kier molecular flexibility index (Phi) is 9.56. The molecule has 2 aliphatic heterocycles. The predicted octanol–water partition coefficient (Wildman–Crippen LogP) is 4.20. The largest absolute Gasteiger partial charge is 0.490 e. The molecule has 2 aromatic carbocycles. The fraction of sp³-hybridized carbons (Fsp3) is 0.321. The lowest BCUT2D eigenvalue weighted by Crippen LogP contribution is -2.46. The van der Waals surface area contributed by atoms with Crippen molar-refractivity contribution in [3.05, 3.63) is 80.8 Å². The van der Waals surface area contributed by atoms with Gasteiger partial charge in [0.1, 0.15) is 13.2 Å². The number of imide groups is 1. The molecule has 0 bridgehead atoms. The number of non-ortho nitro benzene ring substituents is 1. The van der Waals surface area contributed by atoms with E-state index in [2.05, 4.69) is 6.58 Å². The Bertz CT molecular complexity index is 1350. The number of ether oxygens (including phenoxy) is 3. The van der Waals surface area contributed by atoms with Gasteiger partial charge in [0.05, 0.1) is 29.6 Å². The molecule has 3 amide bonds. The lowest BCUT2D eigenvalue weighted by atomic mass is 10.0. The van der Waals surface area contributed by atoms with Crippen molar-refractivity contribution in [3.8, 4) is 11.5 Å². The first-order valence-electron chi connectivity index (χ1n) is 12.7. The van der Waals surface area contributed by atoms with E-state index in [0.717, 1.165) is 22.2 Å². The average molecular weight is 568 g/mol. The van der Waals surface area contributed by atoms with Crippen molar-refractivity contribution in [2.75, 3.05) is 39.5 Å². The van der Waals surface area contributed by atoms with Crippen molar-refractivity contribution in [2.45, 2.75) is 20.0 Å². The van der Waals surface area contributed by atoms with Crippen LogP contribution in [0.2, 0.25) is 0 Å². The van der Waals surface area contributed by atoms with Crippen molar-refractivity contribution < 1.29 is 33.5 Å². The maximum Gasteiger partial charge on any atom is 0.294 e. The van der Waals surface area contributed by atoms with Crippen LogP contribution in [0.5, 0.6) is 11.5 Å². The van der Waals surface area contributed by atoms with Crippen molar-refractivity contribution in [3.63, 3.8) is 0 Å². The molecule has 12 heteroatoms. The van der Waals surface area contributed by atoms with Crippen molar-refractivity contribution in [1.82, 2.24) is 9.80 Å². The topological polar surface area (TPSA) is 129 Å². The maximum absolute atomic E-state index is 13.1. The summed E-state index contributed by atoms with van der Waals surface area (Å²) in [4.78, 5) is 51.7. The number of rotatable bonds is 11. The van der Waals surface area contributed by atoms with E-state index in [1.807, 2.05) is 6.92 Å². The van der Waals surface area contributed by atoms with Crippen LogP contribution in [-0.4, -0.2) is 71.2 Å². The third-order valence-corrected chi connectivity index (χ3v) is 7.06. The second-order valence-electron chi connectivity index (χ2n) is 8.91. The number of carbonyl (C=O) groups excluding carboxylic acids is 3. The first kappa shape index (κ1) is 28.8. The number of amides is 3. The second-order valence-corrected chi connectivity index (χ2v) is 9.90. The van der Waals surface area contributed by atoms with Crippen molar-refractivity contribution in [2.24, 2.45) is 0 Å². The Hall–Kier alpha value is -4.16. The van der Waals surface area contributed by atoms with Gasteiger partial charge >= 0.3 is 0 Å². The van der Waals surface area contributed by atoms with Crippen molar-refractivity contribution in [1.29, 1.82) is 0 Å². The summed E-state index contributed by atoms with van der Waals surface area (Å²) >= 11 is 0.775. The smallest absolute Gasteiger partial charge is 0.294 e. The van der Waals surface area contributed by atoms with Crippen LogP contribution in [0.3, 0.4) is 0 Å². The number of nitro groups is 1. The van der Waals surface area contributed by atoms with Crippen LogP contribution >= 0.6 is 11.8 Å². The Morgan fingerprint density at radius 3 is 2.67 bits per heavy atom. The van der Waals surface area contributed by atoms with Gasteiger partial charge in [-0.1, -0.05) is 18.2 Å². The van der Waals surface area contributed by atoms with Crippen LogP contribution in [-0.2, 0) is 27.4 Å². The minimum atomic E-state index is -0.536. The zero-order valence-electron chi connectivity index (χ0n) is 22.0. The molecule has 0 spiro atoms. The number of carbonyl (C=O) groups is 3. The standard InChI is InChI=1S/C28H29N3O8S/c1-3-6-21-13-20(15-23(38-4-2)26(21)39-18-19-7-5-8-22(14-19)31(35)36)16-24-27(33)30(28(34)40-24)17-25(32)29-9-11-37-12-10-29/h3,5,7-8,13-16H,1,4,6,9-12,17-18H2,2H3/b24-16+. The summed E-state index contributed by atoms with van der Waals surface area (Å²) in [5, 5.41) is 10.6. The summed E-state index contributed by atoms with van der Waals surface area (Å²) in [5.41, 5.74) is 1.91. The minimum absolute atomic E-state index is 0.0339. The Morgan fingerprint density at radius 2 is 1.98 bits per heavy atom. The molecule has 0 unspecified atom stereocenters. The number of nitro benzene ring substituents is 1. The molecule has 2 saturated heterocycles. The second kappa shape index (κ2) is 13.3. The SMILES string of the molecule is C=CCc1cc(/C=C2/SC(=O)N(CC(=O)N3CCOCC3)C2=O)cc(OCC)c1OCc1cccc([N+](=O)[O-])c1. The van der Waals surface area contributed by atoms with Gasteiger partial charge in [0.25, 0.3) is 16.8 Å². The normalized spacial score (nSPS) is 16.4. The number of hydrogen-bond acceptors (Lipinski definition) is 9. The van der Waals surface area contributed by atoms with Crippen LogP contribution in [0, 0.1) is 10.1 Å². The number of allylic oxidation sites excluding steroid dienone is 1. The summed E-state index contributed by atoms with van der Waals surface area (Å²) in [7, 11) is 0. The van der Waals surface area contributed by atoms with E-state index in [9.17, 15) is 24.5 Å². The van der Waals surface area contributed by atoms with E-state index in [1.165, 1.54) is 12.1 Å². The molecular weight excluding hydrogens is 538 g/mol. The molecule has 2 aromatic rings. The summed E-state index contributed by atoms with van der Waals surface area (Å²) in [5.74, 6) is 0.0321. The molecule has 0 N–H and O–H groups in total. The van der Waals surface area contributed by atoms with Gasteiger partial charge in [-0.2, -0.15) is 0 Å². The van der Waals surface area contributed by atoms with Gasteiger partial charge in [-0.25, -0.2) is 0 Å². The van der Waals surface area contributed by atoms with Gasteiger partial charge < -0.3 is 19.1 Å². The molecule has 0 atom stereocenters. The quantitative estimate of drug-likeness (QED) is 0.170. The molecule has 2 fully saturated rings. The number of thioether (sulfide) groups is 1. The highest BCUT2D eigenvalue weighted by Crippen LogP contribution is 2.38. The monoisotopic (exact) mass is 567 g/mol. The Labute approximate surface area is 235 Å². The lowest BCUT2D eigenvalue weighted by molar-refractivity contribution is -0.384. The molecule has 2 aliphatic rings. The fourth-order valence-electron chi connectivity index (χ4n) is 4.25. The maximum atomic E-state index is 13.1. The zero-order chi connectivity index (χ0) is 28.6. The highest BCUT2D eigenvalue weighted by Gasteiger charge is 2.37. The highest BCUT2D eigenvalue weighted by atomic mass is 32.2. The molecule has 40 heavy (non-hydrogen) atoms. The number of benzene rings is 2. The van der Waals surface area contributed by atoms with E-state index < -0.39 is 16.1 Å². The van der Waals surface area contributed by atoms with Crippen LogP contribution in [0.4, 0.5) is 10.5 Å². The van der Waals surface area contributed by atoms with E-state index in [1.54, 1.807) is 41.3 Å². The molecule has 11 nitrogen and oxygen atoms in total. The zero-order valence-corrected chi connectivity index (χ0v) is 22.8. The van der Waals surface area contributed by atoms with Gasteiger partial charge in [0, 0.05) is 30.8 Å².